The van der Waals surface area contributed by atoms with Crippen LogP contribution in [0.2, 0.25) is 0 Å². The lowest BCUT2D eigenvalue weighted by Crippen LogP contribution is -2.35. The Morgan fingerprint density at radius 2 is 1.96 bits per heavy atom. The van der Waals surface area contributed by atoms with Crippen molar-refractivity contribution in [2.45, 2.75) is 32.4 Å². The number of aromatic nitrogens is 1. The lowest BCUT2D eigenvalue weighted by atomic mass is 9.86. The number of fused-ring (bicyclic) bond motifs is 2. The minimum Gasteiger partial charge on any atom is -0.359 e. The normalized spacial score (nSPS) is 20.7. The van der Waals surface area contributed by atoms with Crippen molar-refractivity contribution < 1.29 is 4.79 Å². The Morgan fingerprint density at radius 3 is 2.61 bits per heavy atom. The highest BCUT2D eigenvalue weighted by molar-refractivity contribution is 6.09. The van der Waals surface area contributed by atoms with Crippen LogP contribution in [0.4, 0.5) is 17.1 Å². The van der Waals surface area contributed by atoms with E-state index in [9.17, 15) is 4.79 Å². The van der Waals surface area contributed by atoms with E-state index < -0.39 is 5.41 Å². The summed E-state index contributed by atoms with van der Waals surface area (Å²) in [5.74, 6) is 0.167. The molecule has 3 heterocycles. The number of hydrogen-bond donors (Lipinski definition) is 2. The van der Waals surface area contributed by atoms with E-state index in [-0.39, 0.29) is 12.1 Å². The lowest BCUT2D eigenvalue weighted by molar-refractivity contribution is -0.122. The van der Waals surface area contributed by atoms with Gasteiger partial charge in [-0.05, 0) is 50.6 Å². The van der Waals surface area contributed by atoms with Crippen molar-refractivity contribution in [3.8, 4) is 0 Å². The second kappa shape index (κ2) is 4.72. The van der Waals surface area contributed by atoms with Crippen LogP contribution >= 0.6 is 0 Å². The molecule has 0 saturated heterocycles. The van der Waals surface area contributed by atoms with Crippen molar-refractivity contribution in [2.75, 3.05) is 22.1 Å². The molecule has 1 aromatic heterocycles. The molecular formula is C18H20N4O. The van der Waals surface area contributed by atoms with Gasteiger partial charge in [0, 0.05) is 12.7 Å². The SMILES string of the molecule is CCN1C(=O)C(C)(C)c2cc3c(cc21)NC(c1ccccn1)N3. The van der Waals surface area contributed by atoms with Gasteiger partial charge in [-0.1, -0.05) is 6.07 Å². The van der Waals surface area contributed by atoms with E-state index in [0.717, 1.165) is 28.3 Å². The molecule has 2 aliphatic heterocycles. The number of likely N-dealkylation sites (N-methyl/N-ethyl adjacent to an activating group) is 1. The summed E-state index contributed by atoms with van der Waals surface area (Å²) >= 11 is 0. The maximum absolute atomic E-state index is 12.6. The van der Waals surface area contributed by atoms with Crippen molar-refractivity contribution in [1.29, 1.82) is 0 Å². The summed E-state index contributed by atoms with van der Waals surface area (Å²) in [7, 11) is 0. The highest BCUT2D eigenvalue weighted by atomic mass is 16.2. The van der Waals surface area contributed by atoms with Gasteiger partial charge in [-0.2, -0.15) is 0 Å². The van der Waals surface area contributed by atoms with Gasteiger partial charge in [-0.25, -0.2) is 0 Å². The number of nitrogens with zero attached hydrogens (tertiary/aromatic N) is 2. The third-order valence-electron chi connectivity index (χ3n) is 4.78. The largest absolute Gasteiger partial charge is 0.359 e. The summed E-state index contributed by atoms with van der Waals surface area (Å²) in [6, 6.07) is 10.1. The monoisotopic (exact) mass is 308 g/mol. The van der Waals surface area contributed by atoms with E-state index in [4.69, 9.17) is 0 Å². The number of amides is 1. The molecule has 0 spiro atoms. The molecule has 1 amide bonds. The fourth-order valence-electron chi connectivity index (χ4n) is 3.47. The highest BCUT2D eigenvalue weighted by Crippen LogP contribution is 2.47. The fraction of sp³-hybridized carbons (Fsp3) is 0.333. The van der Waals surface area contributed by atoms with Gasteiger partial charge in [0.05, 0.1) is 28.2 Å². The maximum atomic E-state index is 12.6. The molecule has 2 aromatic rings. The average molecular weight is 308 g/mol. The van der Waals surface area contributed by atoms with E-state index >= 15 is 0 Å². The van der Waals surface area contributed by atoms with Crippen LogP contribution in [0, 0.1) is 0 Å². The fourth-order valence-corrected chi connectivity index (χ4v) is 3.47. The van der Waals surface area contributed by atoms with E-state index in [0.29, 0.717) is 6.54 Å². The van der Waals surface area contributed by atoms with Crippen molar-refractivity contribution in [1.82, 2.24) is 4.98 Å². The average Bonchev–Trinajstić information content (AvgIpc) is 3.05. The minimum atomic E-state index is -0.481. The molecule has 4 rings (SSSR count). The van der Waals surface area contributed by atoms with E-state index in [1.807, 2.05) is 43.9 Å². The molecule has 2 aliphatic rings. The molecule has 0 saturated carbocycles. The molecule has 2 N–H and O–H groups in total. The van der Waals surface area contributed by atoms with Crippen LogP contribution in [-0.4, -0.2) is 17.4 Å². The first-order chi connectivity index (χ1) is 11.0. The highest BCUT2D eigenvalue weighted by Gasteiger charge is 2.44. The van der Waals surface area contributed by atoms with Crippen molar-refractivity contribution in [3.05, 3.63) is 47.8 Å². The Morgan fingerprint density at radius 1 is 1.22 bits per heavy atom. The summed E-state index contributed by atoms with van der Waals surface area (Å²) in [6.45, 7) is 6.69. The van der Waals surface area contributed by atoms with Gasteiger partial charge in [0.2, 0.25) is 5.91 Å². The molecule has 0 bridgehead atoms. The standard InChI is InChI=1S/C18H20N4O/c1-4-22-15-10-14-13(9-11(15)18(2,3)17(22)23)20-16(21-14)12-7-5-6-8-19-12/h5-10,16,20-21H,4H2,1-3H3. The summed E-state index contributed by atoms with van der Waals surface area (Å²) in [5.41, 5.74) is 4.61. The number of benzene rings is 1. The molecule has 5 nitrogen and oxygen atoms in total. The predicted octanol–water partition coefficient (Wildman–Crippen LogP) is 3.26. The Hall–Kier alpha value is -2.56. The zero-order chi connectivity index (χ0) is 16.2. The molecule has 5 heteroatoms. The van der Waals surface area contributed by atoms with Crippen LogP contribution < -0.4 is 15.5 Å². The predicted molar refractivity (Wildman–Crippen MR) is 91.7 cm³/mol. The van der Waals surface area contributed by atoms with Crippen LogP contribution in [-0.2, 0) is 10.2 Å². The van der Waals surface area contributed by atoms with E-state index in [1.165, 1.54) is 0 Å². The lowest BCUT2D eigenvalue weighted by Gasteiger charge is -2.18. The van der Waals surface area contributed by atoms with Crippen molar-refractivity contribution in [2.24, 2.45) is 0 Å². The summed E-state index contributed by atoms with van der Waals surface area (Å²) in [6.07, 6.45) is 1.75. The van der Waals surface area contributed by atoms with Gasteiger partial charge < -0.3 is 15.5 Å². The van der Waals surface area contributed by atoms with Gasteiger partial charge in [-0.15, -0.1) is 0 Å². The summed E-state index contributed by atoms with van der Waals surface area (Å²) in [5, 5.41) is 6.92. The molecular weight excluding hydrogens is 288 g/mol. The smallest absolute Gasteiger partial charge is 0.237 e. The number of hydrogen-bond acceptors (Lipinski definition) is 4. The van der Waals surface area contributed by atoms with Gasteiger partial charge in [0.15, 0.2) is 0 Å². The first kappa shape index (κ1) is 14.1. The second-order valence-corrected chi connectivity index (χ2v) is 6.57. The van der Waals surface area contributed by atoms with Gasteiger partial charge in [0.1, 0.15) is 6.17 Å². The summed E-state index contributed by atoms with van der Waals surface area (Å²) < 4.78 is 0. The first-order valence-corrected chi connectivity index (χ1v) is 7.97. The van der Waals surface area contributed by atoms with Crippen LogP contribution in [0.15, 0.2) is 36.5 Å². The Bertz CT molecular complexity index is 785. The Balaban J connectivity index is 1.75. The van der Waals surface area contributed by atoms with Crippen molar-refractivity contribution in [3.63, 3.8) is 0 Å². The number of anilines is 3. The van der Waals surface area contributed by atoms with E-state index in [2.05, 4.69) is 27.8 Å². The molecule has 1 aromatic carbocycles. The van der Waals surface area contributed by atoms with Crippen LogP contribution in [0.5, 0.6) is 0 Å². The van der Waals surface area contributed by atoms with Crippen LogP contribution in [0.3, 0.4) is 0 Å². The molecule has 118 valence electrons. The zero-order valence-electron chi connectivity index (χ0n) is 13.6. The second-order valence-electron chi connectivity index (χ2n) is 6.57. The first-order valence-electron chi connectivity index (χ1n) is 7.97. The number of carbonyl (C=O) groups is 1. The van der Waals surface area contributed by atoms with E-state index in [1.54, 1.807) is 6.20 Å². The minimum absolute atomic E-state index is 0.0392. The van der Waals surface area contributed by atoms with Gasteiger partial charge >= 0.3 is 0 Å². The molecule has 0 aliphatic carbocycles. The molecule has 23 heavy (non-hydrogen) atoms. The molecule has 1 unspecified atom stereocenters. The van der Waals surface area contributed by atoms with Crippen LogP contribution in [0.1, 0.15) is 38.2 Å². The topological polar surface area (TPSA) is 57.3 Å². The number of pyridine rings is 1. The van der Waals surface area contributed by atoms with Crippen LogP contribution in [0.25, 0.3) is 0 Å². The van der Waals surface area contributed by atoms with Gasteiger partial charge in [0.25, 0.3) is 0 Å². The quantitative estimate of drug-likeness (QED) is 0.894. The zero-order valence-corrected chi connectivity index (χ0v) is 13.6. The maximum Gasteiger partial charge on any atom is 0.237 e. The molecule has 0 fully saturated rings. The number of rotatable bonds is 2. The summed E-state index contributed by atoms with van der Waals surface area (Å²) in [4.78, 5) is 18.9. The molecule has 1 atom stereocenters. The molecule has 0 radical (unpaired) electrons. The Labute approximate surface area is 135 Å². The van der Waals surface area contributed by atoms with Gasteiger partial charge in [-0.3, -0.25) is 9.78 Å². The Kier molecular flexibility index (Phi) is 2.88. The number of nitrogens with one attached hydrogen (secondary N) is 2. The number of carbonyl (C=O) groups excluding carboxylic acids is 1. The third-order valence-corrected chi connectivity index (χ3v) is 4.78. The third kappa shape index (κ3) is 1.92. The van der Waals surface area contributed by atoms with Crippen molar-refractivity contribution >= 4 is 23.0 Å².